The highest BCUT2D eigenvalue weighted by Gasteiger charge is 2.39. The Kier molecular flexibility index (Phi) is 2.59. The van der Waals surface area contributed by atoms with Gasteiger partial charge in [-0.1, -0.05) is 36.4 Å². The average molecular weight is 240 g/mol. The van der Waals surface area contributed by atoms with Gasteiger partial charge in [0.15, 0.2) is 11.6 Å². The van der Waals surface area contributed by atoms with Gasteiger partial charge in [-0.05, 0) is 17.7 Å². The minimum absolute atomic E-state index is 0.0595. The van der Waals surface area contributed by atoms with Crippen LogP contribution in [0, 0.1) is 5.92 Å². The lowest BCUT2D eigenvalue weighted by Gasteiger charge is -2.31. The SMILES string of the molecule is O=C1C=CC=C2OC(c3ccccc3)CC(=O)C12. The first-order chi connectivity index (χ1) is 8.75. The van der Waals surface area contributed by atoms with Crippen LogP contribution in [0.25, 0.3) is 0 Å². The molecule has 0 spiro atoms. The average Bonchev–Trinajstić information content (AvgIpc) is 2.39. The second-order valence-electron chi connectivity index (χ2n) is 4.45. The number of carbonyl (C=O) groups is 2. The molecule has 1 aromatic rings. The van der Waals surface area contributed by atoms with E-state index < -0.39 is 5.92 Å². The van der Waals surface area contributed by atoms with Crippen LogP contribution in [-0.4, -0.2) is 11.6 Å². The molecule has 1 aliphatic heterocycles. The lowest BCUT2D eigenvalue weighted by molar-refractivity contribution is -0.136. The molecule has 0 N–H and O–H groups in total. The molecule has 0 saturated carbocycles. The smallest absolute Gasteiger partial charge is 0.173 e. The van der Waals surface area contributed by atoms with E-state index in [9.17, 15) is 9.59 Å². The quantitative estimate of drug-likeness (QED) is 0.708. The van der Waals surface area contributed by atoms with Crippen LogP contribution in [0.4, 0.5) is 0 Å². The Hall–Kier alpha value is -2.16. The number of fused-ring (bicyclic) bond motifs is 1. The molecular weight excluding hydrogens is 228 g/mol. The maximum Gasteiger partial charge on any atom is 0.173 e. The van der Waals surface area contributed by atoms with E-state index in [1.807, 2.05) is 30.3 Å². The van der Waals surface area contributed by atoms with Crippen molar-refractivity contribution in [1.82, 2.24) is 0 Å². The highest BCUT2D eigenvalue weighted by molar-refractivity contribution is 6.11. The van der Waals surface area contributed by atoms with Crippen LogP contribution in [0.2, 0.25) is 0 Å². The molecule has 18 heavy (non-hydrogen) atoms. The van der Waals surface area contributed by atoms with Gasteiger partial charge in [0, 0.05) is 6.42 Å². The summed E-state index contributed by atoms with van der Waals surface area (Å²) in [5, 5.41) is 0. The number of Topliss-reactive ketones (excluding diaryl/α,β-unsaturated/α-hetero) is 1. The number of allylic oxidation sites excluding steroid dienone is 4. The lowest BCUT2D eigenvalue weighted by atomic mass is 9.86. The number of hydrogen-bond acceptors (Lipinski definition) is 3. The van der Waals surface area contributed by atoms with Crippen molar-refractivity contribution >= 4 is 11.6 Å². The molecule has 3 rings (SSSR count). The Labute approximate surface area is 105 Å². The molecule has 1 aromatic carbocycles. The van der Waals surface area contributed by atoms with Gasteiger partial charge in [-0.3, -0.25) is 9.59 Å². The third kappa shape index (κ3) is 1.78. The van der Waals surface area contributed by atoms with Crippen molar-refractivity contribution in [2.45, 2.75) is 12.5 Å². The van der Waals surface area contributed by atoms with Gasteiger partial charge in [0.1, 0.15) is 17.8 Å². The Bertz CT molecular complexity index is 554. The Balaban J connectivity index is 1.91. The van der Waals surface area contributed by atoms with E-state index in [2.05, 4.69) is 0 Å². The molecule has 1 heterocycles. The van der Waals surface area contributed by atoms with E-state index in [0.717, 1.165) is 5.56 Å². The third-order valence-electron chi connectivity index (χ3n) is 3.25. The van der Waals surface area contributed by atoms with E-state index >= 15 is 0 Å². The molecule has 0 radical (unpaired) electrons. The maximum absolute atomic E-state index is 12.0. The molecule has 2 atom stereocenters. The van der Waals surface area contributed by atoms with E-state index in [-0.39, 0.29) is 24.1 Å². The number of rotatable bonds is 1. The first kappa shape index (κ1) is 11.0. The predicted octanol–water partition coefficient (Wildman–Crippen LogP) is 2.36. The summed E-state index contributed by atoms with van der Waals surface area (Å²) in [6, 6.07) is 9.60. The molecule has 90 valence electrons. The zero-order chi connectivity index (χ0) is 12.5. The summed E-state index contributed by atoms with van der Waals surface area (Å²) < 4.78 is 5.79. The second kappa shape index (κ2) is 4.26. The molecule has 3 nitrogen and oxygen atoms in total. The van der Waals surface area contributed by atoms with Crippen molar-refractivity contribution in [3.8, 4) is 0 Å². The van der Waals surface area contributed by atoms with Crippen molar-refractivity contribution in [2.75, 3.05) is 0 Å². The molecule has 1 saturated heterocycles. The predicted molar refractivity (Wildman–Crippen MR) is 65.6 cm³/mol. The van der Waals surface area contributed by atoms with Crippen LogP contribution in [0.5, 0.6) is 0 Å². The van der Waals surface area contributed by atoms with Crippen LogP contribution in [0.15, 0.2) is 54.3 Å². The van der Waals surface area contributed by atoms with E-state index in [4.69, 9.17) is 4.74 Å². The fourth-order valence-corrected chi connectivity index (χ4v) is 2.36. The van der Waals surface area contributed by atoms with Gasteiger partial charge in [-0.25, -0.2) is 0 Å². The van der Waals surface area contributed by atoms with Gasteiger partial charge < -0.3 is 4.74 Å². The summed E-state index contributed by atoms with van der Waals surface area (Å²) in [7, 11) is 0. The number of benzene rings is 1. The molecule has 3 heteroatoms. The van der Waals surface area contributed by atoms with Crippen LogP contribution in [-0.2, 0) is 14.3 Å². The van der Waals surface area contributed by atoms with Gasteiger partial charge in [0.2, 0.25) is 0 Å². The van der Waals surface area contributed by atoms with Gasteiger partial charge in [-0.15, -0.1) is 0 Å². The number of ketones is 2. The van der Waals surface area contributed by atoms with Crippen LogP contribution < -0.4 is 0 Å². The fraction of sp³-hybridized carbons (Fsp3) is 0.200. The van der Waals surface area contributed by atoms with Gasteiger partial charge >= 0.3 is 0 Å². The van der Waals surface area contributed by atoms with E-state index in [0.29, 0.717) is 5.76 Å². The minimum Gasteiger partial charge on any atom is -0.488 e. The second-order valence-corrected chi connectivity index (χ2v) is 4.45. The van der Waals surface area contributed by atoms with Gasteiger partial charge in [-0.2, -0.15) is 0 Å². The lowest BCUT2D eigenvalue weighted by Crippen LogP contribution is -2.34. The standard InChI is InChI=1S/C15H12O3/c16-11-7-4-8-13-15(11)12(17)9-14(18-13)10-5-2-1-3-6-10/h1-8,14-15H,9H2. The molecule has 2 aliphatic rings. The fourth-order valence-electron chi connectivity index (χ4n) is 2.36. The van der Waals surface area contributed by atoms with Crippen LogP contribution in [0.3, 0.4) is 0 Å². The van der Waals surface area contributed by atoms with Gasteiger partial charge in [0.05, 0.1) is 0 Å². The first-order valence-corrected chi connectivity index (χ1v) is 5.92. The first-order valence-electron chi connectivity index (χ1n) is 5.92. The Morgan fingerprint density at radius 2 is 1.89 bits per heavy atom. The van der Waals surface area contributed by atoms with Crippen molar-refractivity contribution in [1.29, 1.82) is 0 Å². The zero-order valence-electron chi connectivity index (χ0n) is 9.71. The Morgan fingerprint density at radius 3 is 2.67 bits per heavy atom. The molecule has 2 unspecified atom stereocenters. The molecule has 0 bridgehead atoms. The molecule has 1 fully saturated rings. The largest absolute Gasteiger partial charge is 0.488 e. The van der Waals surface area contributed by atoms with E-state index in [1.165, 1.54) is 6.08 Å². The Morgan fingerprint density at radius 1 is 1.11 bits per heavy atom. The topological polar surface area (TPSA) is 43.4 Å². The summed E-state index contributed by atoms with van der Waals surface area (Å²) in [6.45, 7) is 0. The molecule has 0 amide bonds. The van der Waals surface area contributed by atoms with Crippen molar-refractivity contribution < 1.29 is 14.3 Å². The number of carbonyl (C=O) groups excluding carboxylic acids is 2. The normalized spacial score (nSPS) is 26.3. The summed E-state index contributed by atoms with van der Waals surface area (Å²) in [4.78, 5) is 23.7. The number of hydrogen-bond donors (Lipinski definition) is 0. The minimum atomic E-state index is -0.713. The van der Waals surface area contributed by atoms with Crippen molar-refractivity contribution in [2.24, 2.45) is 5.92 Å². The van der Waals surface area contributed by atoms with Crippen LogP contribution >= 0.6 is 0 Å². The summed E-state index contributed by atoms with van der Waals surface area (Å²) in [6.07, 6.45) is 4.75. The molecule has 0 aromatic heterocycles. The molecule has 1 aliphatic carbocycles. The summed E-state index contributed by atoms with van der Waals surface area (Å²) in [5.41, 5.74) is 0.965. The zero-order valence-corrected chi connectivity index (χ0v) is 9.71. The van der Waals surface area contributed by atoms with E-state index in [1.54, 1.807) is 12.2 Å². The maximum atomic E-state index is 12.0. The third-order valence-corrected chi connectivity index (χ3v) is 3.25. The highest BCUT2D eigenvalue weighted by atomic mass is 16.5. The monoisotopic (exact) mass is 240 g/mol. The highest BCUT2D eigenvalue weighted by Crippen LogP contribution is 2.36. The summed E-state index contributed by atoms with van der Waals surface area (Å²) in [5.74, 6) is -0.470. The summed E-state index contributed by atoms with van der Waals surface area (Å²) >= 11 is 0. The molecular formula is C15H12O3. The van der Waals surface area contributed by atoms with Crippen molar-refractivity contribution in [3.63, 3.8) is 0 Å². The van der Waals surface area contributed by atoms with Crippen LogP contribution in [0.1, 0.15) is 18.1 Å². The number of ether oxygens (including phenoxy) is 1. The van der Waals surface area contributed by atoms with Crippen molar-refractivity contribution in [3.05, 3.63) is 59.9 Å². The van der Waals surface area contributed by atoms with Gasteiger partial charge in [0.25, 0.3) is 0 Å².